The summed E-state index contributed by atoms with van der Waals surface area (Å²) >= 11 is 0. The fraction of sp³-hybridized carbons (Fsp3) is 0.538. The van der Waals surface area contributed by atoms with Crippen LogP contribution in [0.3, 0.4) is 0 Å². The Labute approximate surface area is 310 Å². The molecule has 0 bridgehead atoms. The molecule has 1 aliphatic heterocycles. The summed E-state index contributed by atoms with van der Waals surface area (Å²) in [4.78, 5) is 26.4. The third-order valence-corrected chi connectivity index (χ3v) is 9.94. The van der Waals surface area contributed by atoms with Crippen LogP contribution in [0.15, 0.2) is 42.6 Å². The third kappa shape index (κ3) is 8.17. The molecule has 286 valence electrons. The second kappa shape index (κ2) is 15.6. The molecule has 14 nitrogen and oxygen atoms in total. The molecule has 2 aromatic heterocycles. The molecule has 0 radical (unpaired) electrons. The number of anilines is 1. The van der Waals surface area contributed by atoms with Crippen LogP contribution in [0.25, 0.3) is 5.65 Å². The Balaban J connectivity index is 1.40. The number of nitrogens with zero attached hydrogens (tertiary/aromatic N) is 6. The molecule has 1 aliphatic carbocycles. The van der Waals surface area contributed by atoms with Gasteiger partial charge in [0.25, 0.3) is 0 Å². The SMILES string of the molecule is CCC[C@H](C)Oc1nc(N(Cc2ccc(OC)cc2OC)Cc2ccc(OC)cc2OC)c2ncc(C(O)C3[C@H]4CN(C(=O)OC(C)(C)C)C[C@@H]34)n2n1. The molecule has 2 aromatic carbocycles. The number of rotatable bonds is 15. The lowest BCUT2D eigenvalue weighted by molar-refractivity contribution is 0.0239. The van der Waals surface area contributed by atoms with Crippen LogP contribution in [0.2, 0.25) is 0 Å². The monoisotopic (exact) mass is 732 g/mol. The number of likely N-dealkylation sites (tertiary alicyclic amines) is 1. The highest BCUT2D eigenvalue weighted by Crippen LogP contribution is 2.57. The summed E-state index contributed by atoms with van der Waals surface area (Å²) in [6.45, 7) is 11.4. The van der Waals surface area contributed by atoms with Crippen molar-refractivity contribution in [2.75, 3.05) is 46.4 Å². The van der Waals surface area contributed by atoms with Gasteiger partial charge in [-0.3, -0.25) is 0 Å². The first kappa shape index (κ1) is 37.8. The van der Waals surface area contributed by atoms with E-state index in [1.54, 1.807) is 44.1 Å². The van der Waals surface area contributed by atoms with Crippen LogP contribution < -0.4 is 28.6 Å². The molecule has 2 aliphatic rings. The van der Waals surface area contributed by atoms with Gasteiger partial charge in [-0.25, -0.2) is 14.3 Å². The number of amides is 1. The standard InChI is InChI=1S/C39H52N6O8/c1-10-11-23(2)52-37-41-36(35-40-18-30(45(35)42-37)34(46)33-28-21-44(22-29(28)33)38(47)53-39(3,4)5)43(19-24-12-14-26(48-6)16-31(24)50-8)20-25-13-15-27(49-7)17-32(25)51-9/h12-18,23,28-29,33-34,46H,10-11,19-22H2,1-9H3/t23-,28-,29+,33?,34?/m0/s1. The minimum absolute atomic E-state index is 0.0568. The maximum Gasteiger partial charge on any atom is 0.410 e. The molecular formula is C39H52N6O8. The highest BCUT2D eigenvalue weighted by molar-refractivity contribution is 5.69. The minimum atomic E-state index is -0.874. The predicted octanol–water partition coefficient (Wildman–Crippen LogP) is 6.08. The van der Waals surface area contributed by atoms with Gasteiger partial charge < -0.3 is 43.3 Å². The van der Waals surface area contributed by atoms with Gasteiger partial charge in [0.05, 0.1) is 46.4 Å². The Hall–Kier alpha value is -4.98. The first-order chi connectivity index (χ1) is 25.4. The van der Waals surface area contributed by atoms with Crippen molar-refractivity contribution >= 4 is 17.6 Å². The van der Waals surface area contributed by atoms with Gasteiger partial charge in [0.1, 0.15) is 34.7 Å². The van der Waals surface area contributed by atoms with Crippen LogP contribution in [0, 0.1) is 17.8 Å². The lowest BCUT2D eigenvalue weighted by atomic mass is 10.1. The Kier molecular flexibility index (Phi) is 11.1. The molecule has 4 aromatic rings. The van der Waals surface area contributed by atoms with Crippen LogP contribution in [0.4, 0.5) is 10.6 Å². The van der Waals surface area contributed by atoms with Crippen LogP contribution >= 0.6 is 0 Å². The van der Waals surface area contributed by atoms with Gasteiger partial charge in [0.2, 0.25) is 0 Å². The fourth-order valence-corrected chi connectivity index (χ4v) is 7.27. The van der Waals surface area contributed by atoms with Crippen molar-refractivity contribution in [1.82, 2.24) is 24.5 Å². The van der Waals surface area contributed by atoms with E-state index in [-0.39, 0.29) is 36.0 Å². The number of aliphatic hydroxyl groups is 1. The van der Waals surface area contributed by atoms with Gasteiger partial charge in [-0.15, -0.1) is 5.10 Å². The largest absolute Gasteiger partial charge is 0.497 e. The summed E-state index contributed by atoms with van der Waals surface area (Å²) in [6.07, 6.45) is 2.05. The summed E-state index contributed by atoms with van der Waals surface area (Å²) in [6, 6.07) is 11.6. The molecule has 53 heavy (non-hydrogen) atoms. The lowest BCUT2D eigenvalue weighted by Gasteiger charge is -2.27. The van der Waals surface area contributed by atoms with E-state index in [0.717, 1.165) is 24.0 Å². The Morgan fingerprint density at radius 2 is 1.53 bits per heavy atom. The van der Waals surface area contributed by atoms with Gasteiger partial charge in [-0.05, 0) is 70.2 Å². The lowest BCUT2D eigenvalue weighted by Crippen LogP contribution is -2.37. The number of aliphatic hydroxyl groups excluding tert-OH is 1. The van der Waals surface area contributed by atoms with Crippen LogP contribution in [-0.4, -0.2) is 88.9 Å². The molecule has 2 fully saturated rings. The van der Waals surface area contributed by atoms with Crippen LogP contribution in [0.1, 0.15) is 70.4 Å². The van der Waals surface area contributed by atoms with Crippen molar-refractivity contribution in [2.24, 2.45) is 17.8 Å². The first-order valence-corrected chi connectivity index (χ1v) is 18.1. The van der Waals surface area contributed by atoms with Gasteiger partial charge in [-0.1, -0.05) is 13.3 Å². The number of fused-ring (bicyclic) bond motifs is 2. The zero-order chi connectivity index (χ0) is 38.0. The van der Waals surface area contributed by atoms with E-state index in [1.807, 2.05) is 64.1 Å². The molecule has 1 saturated carbocycles. The number of carbonyl (C=O) groups excluding carboxylic acids is 1. The third-order valence-electron chi connectivity index (χ3n) is 9.94. The summed E-state index contributed by atoms with van der Waals surface area (Å²) in [5.74, 6) is 3.37. The molecule has 1 saturated heterocycles. The molecule has 2 unspecified atom stereocenters. The number of hydrogen-bond donors (Lipinski definition) is 1. The fourth-order valence-electron chi connectivity index (χ4n) is 7.27. The maximum absolute atomic E-state index is 12.8. The number of benzene rings is 2. The maximum atomic E-state index is 12.8. The van der Waals surface area contributed by atoms with Crippen molar-refractivity contribution in [2.45, 2.75) is 78.4 Å². The Morgan fingerprint density at radius 3 is 2.04 bits per heavy atom. The van der Waals surface area contributed by atoms with E-state index in [2.05, 4.69) is 11.8 Å². The second-order valence-electron chi connectivity index (χ2n) is 14.8. The number of aromatic nitrogens is 4. The predicted molar refractivity (Wildman–Crippen MR) is 198 cm³/mol. The van der Waals surface area contributed by atoms with Crippen molar-refractivity contribution in [3.63, 3.8) is 0 Å². The molecule has 6 rings (SSSR count). The van der Waals surface area contributed by atoms with Gasteiger partial charge in [0, 0.05) is 55.4 Å². The highest BCUT2D eigenvalue weighted by Gasteiger charge is 2.60. The number of methoxy groups -OCH3 is 4. The minimum Gasteiger partial charge on any atom is -0.497 e. The van der Waals surface area contributed by atoms with E-state index in [9.17, 15) is 9.90 Å². The number of carbonyl (C=O) groups is 1. The topological polar surface area (TPSA) is 142 Å². The van der Waals surface area contributed by atoms with E-state index in [4.69, 9.17) is 43.5 Å². The van der Waals surface area contributed by atoms with Crippen molar-refractivity contribution in [3.05, 3.63) is 59.4 Å². The van der Waals surface area contributed by atoms with Crippen LogP contribution in [-0.2, 0) is 17.8 Å². The molecule has 0 spiro atoms. The van der Waals surface area contributed by atoms with Gasteiger partial charge in [0.15, 0.2) is 11.5 Å². The zero-order valence-corrected chi connectivity index (χ0v) is 32.2. The molecule has 14 heteroatoms. The first-order valence-electron chi connectivity index (χ1n) is 18.1. The van der Waals surface area contributed by atoms with Crippen LogP contribution in [0.5, 0.6) is 29.0 Å². The number of ether oxygens (including phenoxy) is 6. The smallest absolute Gasteiger partial charge is 0.410 e. The molecular weight excluding hydrogens is 680 g/mol. The summed E-state index contributed by atoms with van der Waals surface area (Å²) in [7, 11) is 6.49. The van der Waals surface area contributed by atoms with E-state index in [0.29, 0.717) is 66.3 Å². The van der Waals surface area contributed by atoms with Crippen molar-refractivity contribution in [1.29, 1.82) is 0 Å². The zero-order valence-electron chi connectivity index (χ0n) is 32.2. The molecule has 5 atom stereocenters. The second-order valence-corrected chi connectivity index (χ2v) is 14.8. The van der Waals surface area contributed by atoms with Gasteiger partial charge >= 0.3 is 12.1 Å². The van der Waals surface area contributed by atoms with E-state index >= 15 is 0 Å². The average Bonchev–Trinajstić information content (AvgIpc) is 3.40. The quantitative estimate of drug-likeness (QED) is 0.151. The number of imidazole rings is 1. The Morgan fingerprint density at radius 1 is 0.943 bits per heavy atom. The molecule has 1 N–H and O–H groups in total. The highest BCUT2D eigenvalue weighted by atomic mass is 16.6. The number of piperidine rings is 1. The van der Waals surface area contributed by atoms with Crippen molar-refractivity contribution in [3.8, 4) is 29.0 Å². The summed E-state index contributed by atoms with van der Waals surface area (Å²) in [5.41, 5.74) is 2.17. The summed E-state index contributed by atoms with van der Waals surface area (Å²) in [5, 5.41) is 16.7. The van der Waals surface area contributed by atoms with Crippen molar-refractivity contribution < 1.29 is 38.3 Å². The summed E-state index contributed by atoms with van der Waals surface area (Å²) < 4.78 is 36.1. The van der Waals surface area contributed by atoms with Gasteiger partial charge in [-0.2, -0.15) is 4.98 Å². The van der Waals surface area contributed by atoms with E-state index in [1.165, 1.54) is 0 Å². The average molecular weight is 733 g/mol. The Bertz CT molecular complexity index is 1840. The number of hydrogen-bond acceptors (Lipinski definition) is 12. The molecule has 3 heterocycles. The normalized spacial score (nSPS) is 19.0. The molecule has 1 amide bonds. The van der Waals surface area contributed by atoms with E-state index < -0.39 is 11.7 Å².